The average Bonchev–Trinajstić information content (AvgIpc) is 2.76. The highest BCUT2D eigenvalue weighted by atomic mass is 16.6. The van der Waals surface area contributed by atoms with Crippen LogP contribution in [0.3, 0.4) is 0 Å². The highest BCUT2D eigenvalue weighted by Crippen LogP contribution is 2.27. The number of rotatable bonds is 8. The number of nitrogens with zero attached hydrogens (tertiary/aromatic N) is 2. The first-order chi connectivity index (χ1) is 14.5. The summed E-state index contributed by atoms with van der Waals surface area (Å²) in [4.78, 5) is 26.0. The van der Waals surface area contributed by atoms with Crippen molar-refractivity contribution >= 4 is 23.2 Å². The minimum Gasteiger partial charge on any atom is -0.468 e. The molecule has 0 aliphatic rings. The lowest BCUT2D eigenvalue weighted by Crippen LogP contribution is -2.33. The minimum absolute atomic E-state index is 0.107. The van der Waals surface area contributed by atoms with Crippen LogP contribution >= 0.6 is 0 Å². The van der Waals surface area contributed by atoms with Crippen molar-refractivity contribution in [2.45, 2.75) is 12.5 Å². The SMILES string of the molecule is COC(=O)C(N)Cc1ccc(Oc2ccc(Nc3ncccc3[N+](=O)[O-])cc2)cc1. The Bertz CT molecular complexity index is 1020. The van der Waals surface area contributed by atoms with Gasteiger partial charge in [-0.3, -0.25) is 14.9 Å². The molecule has 0 aliphatic heterocycles. The molecule has 154 valence electrons. The van der Waals surface area contributed by atoms with E-state index in [1.807, 2.05) is 12.1 Å². The molecule has 9 nitrogen and oxygen atoms in total. The number of benzene rings is 2. The molecule has 0 spiro atoms. The van der Waals surface area contributed by atoms with E-state index in [1.165, 1.54) is 25.4 Å². The zero-order valence-corrected chi connectivity index (χ0v) is 16.1. The number of esters is 1. The van der Waals surface area contributed by atoms with Crippen LogP contribution in [0.4, 0.5) is 17.2 Å². The largest absolute Gasteiger partial charge is 0.468 e. The molecule has 2 aromatic carbocycles. The molecule has 0 aliphatic carbocycles. The number of carbonyl (C=O) groups excluding carboxylic acids is 1. The van der Waals surface area contributed by atoms with E-state index in [0.29, 0.717) is 23.6 Å². The van der Waals surface area contributed by atoms with Crippen LogP contribution in [-0.4, -0.2) is 29.0 Å². The van der Waals surface area contributed by atoms with Gasteiger partial charge in [0, 0.05) is 18.0 Å². The first kappa shape index (κ1) is 20.7. The van der Waals surface area contributed by atoms with Crippen molar-refractivity contribution in [2.75, 3.05) is 12.4 Å². The molecule has 0 bridgehead atoms. The van der Waals surface area contributed by atoms with Gasteiger partial charge in [0.05, 0.1) is 12.0 Å². The molecule has 1 atom stereocenters. The Kier molecular flexibility index (Phi) is 6.56. The summed E-state index contributed by atoms with van der Waals surface area (Å²) in [5.41, 5.74) is 7.18. The number of hydrogen-bond donors (Lipinski definition) is 2. The molecule has 1 aromatic heterocycles. The number of hydrogen-bond acceptors (Lipinski definition) is 8. The predicted octanol–water partition coefficient (Wildman–Crippen LogP) is 3.57. The smallest absolute Gasteiger partial charge is 0.322 e. The molecule has 0 saturated carbocycles. The number of anilines is 2. The van der Waals surface area contributed by atoms with E-state index in [4.69, 9.17) is 10.5 Å². The molecule has 0 amide bonds. The number of nitrogens with one attached hydrogen (secondary N) is 1. The highest BCUT2D eigenvalue weighted by molar-refractivity contribution is 5.75. The van der Waals surface area contributed by atoms with Gasteiger partial charge < -0.3 is 20.5 Å². The fourth-order valence-corrected chi connectivity index (χ4v) is 2.70. The lowest BCUT2D eigenvalue weighted by atomic mass is 10.1. The van der Waals surface area contributed by atoms with Crippen LogP contribution in [0, 0.1) is 10.1 Å². The van der Waals surface area contributed by atoms with Gasteiger partial charge in [0.25, 0.3) is 0 Å². The van der Waals surface area contributed by atoms with Crippen LogP contribution in [0.15, 0.2) is 66.9 Å². The van der Waals surface area contributed by atoms with Crippen LogP contribution in [-0.2, 0) is 16.0 Å². The number of methoxy groups -OCH3 is 1. The molecule has 3 aromatic rings. The van der Waals surface area contributed by atoms with E-state index in [0.717, 1.165) is 5.56 Å². The summed E-state index contributed by atoms with van der Waals surface area (Å²) >= 11 is 0. The summed E-state index contributed by atoms with van der Waals surface area (Å²) in [6.07, 6.45) is 1.85. The van der Waals surface area contributed by atoms with Crippen LogP contribution in [0.5, 0.6) is 11.5 Å². The Hall–Kier alpha value is -3.98. The first-order valence-electron chi connectivity index (χ1n) is 9.03. The number of carbonyl (C=O) groups is 1. The average molecular weight is 408 g/mol. The summed E-state index contributed by atoms with van der Waals surface area (Å²) in [6, 6.07) is 16.3. The van der Waals surface area contributed by atoms with Crippen LogP contribution in [0.2, 0.25) is 0 Å². The molecular weight excluding hydrogens is 388 g/mol. The monoisotopic (exact) mass is 408 g/mol. The van der Waals surface area contributed by atoms with Crippen molar-refractivity contribution in [3.05, 3.63) is 82.5 Å². The van der Waals surface area contributed by atoms with E-state index in [9.17, 15) is 14.9 Å². The lowest BCUT2D eigenvalue weighted by molar-refractivity contribution is -0.384. The van der Waals surface area contributed by atoms with Gasteiger partial charge >= 0.3 is 11.7 Å². The summed E-state index contributed by atoms with van der Waals surface area (Å²) in [5, 5.41) is 14.0. The topological polar surface area (TPSA) is 130 Å². The molecule has 0 radical (unpaired) electrons. The molecule has 3 rings (SSSR count). The van der Waals surface area contributed by atoms with Crippen LogP contribution in [0.25, 0.3) is 0 Å². The molecule has 0 fully saturated rings. The van der Waals surface area contributed by atoms with E-state index in [-0.39, 0.29) is 11.5 Å². The summed E-state index contributed by atoms with van der Waals surface area (Å²) in [6.45, 7) is 0. The molecule has 3 N–H and O–H groups in total. The first-order valence-corrected chi connectivity index (χ1v) is 9.03. The van der Waals surface area contributed by atoms with Gasteiger partial charge in [0.2, 0.25) is 5.82 Å². The van der Waals surface area contributed by atoms with Gasteiger partial charge in [-0.1, -0.05) is 12.1 Å². The molecule has 1 heterocycles. The Balaban J connectivity index is 1.62. The Morgan fingerprint density at radius 3 is 2.37 bits per heavy atom. The maximum absolute atomic E-state index is 11.4. The zero-order chi connectivity index (χ0) is 21.5. The van der Waals surface area contributed by atoms with Crippen molar-refractivity contribution in [3.8, 4) is 11.5 Å². The molecule has 9 heteroatoms. The normalized spacial score (nSPS) is 11.4. The van der Waals surface area contributed by atoms with Gasteiger partial charge in [-0.25, -0.2) is 4.98 Å². The van der Waals surface area contributed by atoms with Gasteiger partial charge in [-0.2, -0.15) is 0 Å². The number of ether oxygens (including phenoxy) is 2. The molecular formula is C21H20N4O5. The fraction of sp³-hybridized carbons (Fsp3) is 0.143. The van der Waals surface area contributed by atoms with Crippen molar-refractivity contribution in [2.24, 2.45) is 5.73 Å². The van der Waals surface area contributed by atoms with Crippen molar-refractivity contribution < 1.29 is 19.2 Å². The van der Waals surface area contributed by atoms with Gasteiger partial charge in [-0.15, -0.1) is 0 Å². The number of nitrogens with two attached hydrogens (primary N) is 1. The maximum Gasteiger partial charge on any atom is 0.322 e. The van der Waals surface area contributed by atoms with Crippen molar-refractivity contribution in [1.82, 2.24) is 4.98 Å². The van der Waals surface area contributed by atoms with E-state index < -0.39 is 16.9 Å². The van der Waals surface area contributed by atoms with Gasteiger partial charge in [0.1, 0.15) is 17.5 Å². The third kappa shape index (κ3) is 5.30. The van der Waals surface area contributed by atoms with Gasteiger partial charge in [0.15, 0.2) is 0 Å². The predicted molar refractivity (Wildman–Crippen MR) is 111 cm³/mol. The van der Waals surface area contributed by atoms with Crippen molar-refractivity contribution in [1.29, 1.82) is 0 Å². The molecule has 30 heavy (non-hydrogen) atoms. The highest BCUT2D eigenvalue weighted by Gasteiger charge is 2.15. The lowest BCUT2D eigenvalue weighted by Gasteiger charge is -2.11. The van der Waals surface area contributed by atoms with E-state index >= 15 is 0 Å². The Morgan fingerprint density at radius 2 is 1.77 bits per heavy atom. The molecule has 0 saturated heterocycles. The zero-order valence-electron chi connectivity index (χ0n) is 16.1. The summed E-state index contributed by atoms with van der Waals surface area (Å²) in [5.74, 6) is 0.915. The number of nitro groups is 1. The molecule has 1 unspecified atom stereocenters. The maximum atomic E-state index is 11.4. The fourth-order valence-electron chi connectivity index (χ4n) is 2.70. The van der Waals surface area contributed by atoms with Gasteiger partial charge in [-0.05, 0) is 54.4 Å². The third-order valence-corrected chi connectivity index (χ3v) is 4.22. The quantitative estimate of drug-likeness (QED) is 0.329. The van der Waals surface area contributed by atoms with Crippen molar-refractivity contribution in [3.63, 3.8) is 0 Å². The van der Waals surface area contributed by atoms with Crippen LogP contribution in [0.1, 0.15) is 5.56 Å². The van der Waals surface area contributed by atoms with Crippen LogP contribution < -0.4 is 15.8 Å². The number of aromatic nitrogens is 1. The second kappa shape index (κ2) is 9.48. The van der Waals surface area contributed by atoms with E-state index in [2.05, 4.69) is 15.0 Å². The minimum atomic E-state index is -0.711. The second-order valence-corrected chi connectivity index (χ2v) is 6.36. The Labute approximate surface area is 172 Å². The number of pyridine rings is 1. The van der Waals surface area contributed by atoms with E-state index in [1.54, 1.807) is 36.4 Å². The third-order valence-electron chi connectivity index (χ3n) is 4.22. The summed E-state index contributed by atoms with van der Waals surface area (Å²) in [7, 11) is 1.30. The summed E-state index contributed by atoms with van der Waals surface area (Å²) < 4.78 is 10.4. The Morgan fingerprint density at radius 1 is 1.13 bits per heavy atom. The second-order valence-electron chi connectivity index (χ2n) is 6.36. The standard InChI is InChI=1S/C21H20N4O5/c1-29-21(26)18(22)13-14-4-8-16(9-5-14)30-17-10-6-15(7-11-17)24-20-19(25(27)28)3-2-12-23-20/h2-12,18H,13,22H2,1H3,(H,23,24).